The van der Waals surface area contributed by atoms with E-state index in [-0.39, 0.29) is 35.6 Å². The number of hydrogen-bond acceptors (Lipinski definition) is 23. The Balaban J connectivity index is 0.000000258. The fraction of sp³-hybridized carbons (Fsp3) is 0.0610. The van der Waals surface area contributed by atoms with Crippen LogP contribution in [0.3, 0.4) is 0 Å². The van der Waals surface area contributed by atoms with Gasteiger partial charge in [0, 0.05) is 133 Å². The number of isothiocyanates is 1. The molecule has 0 aliphatic heterocycles. The number of anilines is 1. The number of alkyl halides is 2. The maximum Gasteiger partial charge on any atom is 0.269 e. The number of aromatic nitrogens is 12. The van der Waals surface area contributed by atoms with Crippen molar-refractivity contribution in [3.05, 3.63) is 338 Å². The number of rotatable bonds is 15. The molecule has 0 unspecified atom stereocenters. The lowest BCUT2D eigenvalue weighted by atomic mass is 10.2. The summed E-state index contributed by atoms with van der Waals surface area (Å²) >= 11 is 89.4. The number of aliphatic imine (C=N–C) groups is 1. The third-order valence-corrected chi connectivity index (χ3v) is 18.5. The average molecular weight is 2020 g/mol. The molecule has 0 aliphatic rings. The van der Waals surface area contributed by atoms with E-state index in [9.17, 15) is 24.0 Å². The van der Waals surface area contributed by atoms with Crippen LogP contribution in [0.5, 0.6) is 0 Å². The number of nitrogen functional groups attached to an aromatic ring is 2. The number of aromatic amines is 2. The number of carbonyl (C=O) groups is 5. The van der Waals surface area contributed by atoms with Gasteiger partial charge in [0.1, 0.15) is 11.8 Å². The molecule has 652 valence electrons. The van der Waals surface area contributed by atoms with E-state index in [2.05, 4.69) is 94.4 Å². The van der Waals surface area contributed by atoms with Gasteiger partial charge in [-0.15, -0.1) is 33.4 Å². The molecule has 14 rings (SSSR count). The fourth-order valence-corrected chi connectivity index (χ4v) is 12.5. The van der Waals surface area contributed by atoms with Gasteiger partial charge in [-0.1, -0.05) is 165 Å². The quantitative estimate of drug-likeness (QED) is 0.00866. The van der Waals surface area contributed by atoms with E-state index in [1.54, 1.807) is 116 Å². The normalized spacial score (nSPS) is 9.59. The lowest BCUT2D eigenvalue weighted by Gasteiger charge is -2.11. The van der Waals surface area contributed by atoms with Crippen LogP contribution < -0.4 is 44.0 Å². The lowest BCUT2D eigenvalue weighted by molar-refractivity contribution is -0.119. The summed E-state index contributed by atoms with van der Waals surface area (Å²) in [7, 11) is 0. The van der Waals surface area contributed by atoms with Gasteiger partial charge in [0.05, 0.1) is 66.7 Å². The summed E-state index contributed by atoms with van der Waals surface area (Å²) in [6.07, 6.45) is 13.1. The molecule has 0 aliphatic carbocycles. The topological polar surface area (TPSA) is 427 Å². The third kappa shape index (κ3) is 37.5. The number of amides is 4. The van der Waals surface area contributed by atoms with Crippen LogP contribution >= 0.6 is 188 Å². The van der Waals surface area contributed by atoms with E-state index in [1.807, 2.05) is 117 Å². The van der Waals surface area contributed by atoms with Crippen molar-refractivity contribution in [1.82, 2.24) is 86.7 Å². The molecule has 12 N–H and O–H groups in total. The highest BCUT2D eigenvalue weighted by molar-refractivity contribution is 7.80. The standard InChI is InChI=1S/C14H12ClN3OS.2C13H9ClN4S.C9H7Cl3N2O2.C9H5Cl3N2O.C7H6Cl2N2O.C7H4ClNS.C6H7N3O.2C2H3N/c15-11-3-1-2-4-12(11)18-14(20)17-9-13(19)10-5-7-16-8-6-10;2*14-10-3-1-2-4-11(10)18-12(16-17-13(18)19)9-5-7-15-8-6-9;10-4-8(15)13-14-9(16)5-1-6(11)3-7(12)2-5;10-4-8-13-14-9(15-8)5-1-6(11)3-7(12)2-5;8-5-1-4(7(12)11-10)2-6(9)3-5;8-6-3-1-2-4-7(6)9-5-10;7-9-6(10)5-1-3-8-4-2-5;2*1-2-3/h1-8H,9H2,(H2,17,18,20);2*1-8H,(H,17,19);1-3H,4H2,(H,13,15)(H,14,16);1-3H,4H2;1-3H,10H2,(H,11,12);1-4H;1-4H,7H2,(H,9,10);2*1H3. The third-order valence-electron chi connectivity index (χ3n) is 14.5. The molecule has 4 amide bonds. The molecule has 127 heavy (non-hydrogen) atoms. The number of pyridine rings is 4. The number of nitrogens with two attached hydrogens (primary N) is 2. The Morgan fingerprint density at radius 1 is 0.480 bits per heavy atom. The highest BCUT2D eigenvalue weighted by Gasteiger charge is 2.17. The molecule has 7 heterocycles. The van der Waals surface area contributed by atoms with Crippen LogP contribution in [-0.4, -0.2) is 112 Å². The largest absolute Gasteiger partial charge is 0.419 e. The molecular formula is C82H65Cl12N23O6S4. The van der Waals surface area contributed by atoms with E-state index in [4.69, 9.17) is 202 Å². The number of nitrogens with zero attached hydrogens (tertiary/aromatic N) is 13. The zero-order valence-electron chi connectivity index (χ0n) is 65.4. The maximum absolute atomic E-state index is 11.9. The Morgan fingerprint density at radius 3 is 1.27 bits per heavy atom. The fourth-order valence-electron chi connectivity index (χ4n) is 9.19. The molecule has 14 aromatic rings. The zero-order valence-corrected chi connectivity index (χ0v) is 77.7. The number of hydrazine groups is 3. The van der Waals surface area contributed by atoms with Crippen LogP contribution in [0.25, 0.3) is 45.6 Å². The van der Waals surface area contributed by atoms with Crippen molar-refractivity contribution in [3.8, 4) is 57.7 Å². The Morgan fingerprint density at radius 2 is 0.866 bits per heavy atom. The molecule has 0 bridgehead atoms. The second-order valence-electron chi connectivity index (χ2n) is 23.2. The number of carbonyl (C=O) groups excluding carboxylic acids is 5. The molecule has 7 aromatic heterocycles. The van der Waals surface area contributed by atoms with Crippen LogP contribution in [-0.2, 0) is 10.7 Å². The number of nitrogens with one attached hydrogen (secondary N) is 8. The minimum atomic E-state index is -0.525. The van der Waals surface area contributed by atoms with Gasteiger partial charge < -0.3 is 15.1 Å². The molecule has 0 atom stereocenters. The number of nitriles is 2. The van der Waals surface area contributed by atoms with Crippen LogP contribution in [0.1, 0.15) is 61.2 Å². The predicted molar refractivity (Wildman–Crippen MR) is 513 cm³/mol. The molecule has 0 spiro atoms. The first-order valence-electron chi connectivity index (χ1n) is 35.2. The van der Waals surface area contributed by atoms with E-state index < -0.39 is 17.7 Å². The van der Waals surface area contributed by atoms with Crippen LogP contribution in [0, 0.1) is 32.2 Å². The van der Waals surface area contributed by atoms with Gasteiger partial charge in [-0.05, 0) is 201 Å². The minimum absolute atomic E-state index is 0.0595. The van der Waals surface area contributed by atoms with Crippen LogP contribution in [0.4, 0.5) is 11.4 Å². The number of thiocarbonyl (C=S) groups is 2. The molecular weight excluding hydrogens is 1960 g/mol. The summed E-state index contributed by atoms with van der Waals surface area (Å²) in [5, 5.41) is 49.6. The van der Waals surface area contributed by atoms with Gasteiger partial charge in [-0.25, -0.2) is 11.7 Å². The first-order valence-corrected chi connectivity index (χ1v) is 41.7. The average Bonchev–Trinajstić information content (AvgIpc) is 1.67. The first-order chi connectivity index (χ1) is 61.1. The van der Waals surface area contributed by atoms with Crippen LogP contribution in [0.15, 0.2) is 259 Å². The summed E-state index contributed by atoms with van der Waals surface area (Å²) in [5.74, 6) is 10.1. The zero-order chi connectivity index (χ0) is 93.2. The summed E-state index contributed by atoms with van der Waals surface area (Å²) in [6.45, 7) is 2.97. The number of H-pyrrole nitrogens is 2. The van der Waals surface area contributed by atoms with E-state index in [1.165, 1.54) is 62.6 Å². The minimum Gasteiger partial charge on any atom is -0.419 e. The molecule has 29 nitrogen and oxygen atoms in total. The smallest absolute Gasteiger partial charge is 0.269 e. The van der Waals surface area contributed by atoms with E-state index in [0.29, 0.717) is 122 Å². The maximum atomic E-state index is 11.9. The van der Waals surface area contributed by atoms with Gasteiger partial charge in [0.2, 0.25) is 11.8 Å². The number of benzene rings is 7. The summed E-state index contributed by atoms with van der Waals surface area (Å²) in [6, 6.07) is 60.8. The molecule has 45 heteroatoms. The van der Waals surface area contributed by atoms with Crippen molar-refractivity contribution < 1.29 is 28.4 Å². The second kappa shape index (κ2) is 58.6. The predicted octanol–water partition coefficient (Wildman–Crippen LogP) is 21.4. The van der Waals surface area contributed by atoms with Crippen molar-refractivity contribution in [1.29, 1.82) is 10.5 Å². The van der Waals surface area contributed by atoms with E-state index in [0.717, 1.165) is 22.5 Å². The van der Waals surface area contributed by atoms with Crippen molar-refractivity contribution in [2.24, 2.45) is 16.7 Å². The summed E-state index contributed by atoms with van der Waals surface area (Å²) in [4.78, 5) is 75.2. The second-order valence-corrected chi connectivity index (χ2v) is 29.4. The van der Waals surface area contributed by atoms with Crippen molar-refractivity contribution in [2.75, 3.05) is 17.7 Å². The summed E-state index contributed by atoms with van der Waals surface area (Å²) in [5.41, 5.74) is 15.4. The first kappa shape index (κ1) is 106. The van der Waals surface area contributed by atoms with Crippen molar-refractivity contribution in [3.63, 3.8) is 0 Å². The number of ketones is 1. The Bertz CT molecular complexity index is 6010. The molecule has 0 fully saturated rings. The summed E-state index contributed by atoms with van der Waals surface area (Å²) < 4.78 is 9.88. The number of para-hydroxylation sites is 4. The highest BCUT2D eigenvalue weighted by Crippen LogP contribution is 2.31. The Kier molecular flexibility index (Phi) is 48.9. The molecule has 0 saturated carbocycles. The Hall–Kier alpha value is -11.6. The van der Waals surface area contributed by atoms with Crippen LogP contribution in [0.2, 0.25) is 50.2 Å². The Labute approximate surface area is 807 Å². The van der Waals surface area contributed by atoms with Crippen molar-refractivity contribution in [2.45, 2.75) is 19.7 Å². The van der Waals surface area contributed by atoms with Gasteiger partial charge in [0.25, 0.3) is 23.6 Å². The number of hydrogen-bond donors (Lipinski definition) is 10. The highest BCUT2D eigenvalue weighted by atomic mass is 35.5. The molecule has 0 radical (unpaired) electrons. The van der Waals surface area contributed by atoms with Gasteiger partial charge in [-0.2, -0.15) is 25.7 Å². The molecule has 0 saturated heterocycles. The van der Waals surface area contributed by atoms with Gasteiger partial charge >= 0.3 is 0 Å². The van der Waals surface area contributed by atoms with Gasteiger partial charge in [-0.3, -0.25) is 84.9 Å². The lowest BCUT2D eigenvalue weighted by Crippen LogP contribution is -2.42. The monoisotopic (exact) mass is 2020 g/mol. The van der Waals surface area contributed by atoms with Gasteiger partial charge in [0.15, 0.2) is 32.1 Å². The molecule has 7 aromatic carbocycles. The number of Topliss-reactive ketones (excluding diaryl/α,β-unsaturated/α-hetero) is 1. The van der Waals surface area contributed by atoms with Crippen molar-refractivity contribution >= 4 is 239 Å². The SMILES string of the molecule is CC#N.CC#N.ClCc1nnc(-c2cc(Cl)cc(Cl)c2)o1.NNC(=O)c1cc(Cl)cc(Cl)c1.NNC(=O)c1ccncc1.O=C(CCl)NNC(=O)c1cc(Cl)cc(Cl)c1.O=C(CNC(=S)Nc1ccccc1Cl)c1ccncc1.S=C=Nc1ccccc1Cl.S=c1[nH]nc(-c2ccncc2)n1-c1ccccc1Cl.S=c1[nH]nc(-c2ccncc2)n1-c1ccccc1Cl. The number of halogens is 12. The van der Waals surface area contributed by atoms with E-state index >= 15 is 0 Å².